The highest BCUT2D eigenvalue weighted by atomic mass is 31.2. The summed E-state index contributed by atoms with van der Waals surface area (Å²) < 4.78 is 72.3. The molecule has 0 saturated carbocycles. The van der Waals surface area contributed by atoms with Crippen LogP contribution >= 0.6 is 22.8 Å². The lowest BCUT2D eigenvalue weighted by Crippen LogP contribution is -2.43. The quantitative estimate of drug-likeness (QED) is 0.0603. The third-order valence-electron chi connectivity index (χ3n) is 5.67. The second kappa shape index (κ2) is 25.3. The topological polar surface area (TPSA) is 204 Å². The van der Waals surface area contributed by atoms with E-state index < -0.39 is 41.2 Å². The molecule has 0 aliphatic heterocycles. The number of rotatable bonds is 31. The van der Waals surface area contributed by atoms with E-state index in [-0.39, 0.29) is 65.0 Å². The number of carbonyl (C=O) groups excluding carboxylic acids is 1. The van der Waals surface area contributed by atoms with Gasteiger partial charge in [0.05, 0.1) is 52.5 Å². The fourth-order valence-corrected chi connectivity index (χ4v) is 9.03. The van der Waals surface area contributed by atoms with Crippen LogP contribution in [0.15, 0.2) is 0 Å². The maximum Gasteiger partial charge on any atom is 0.344 e. The summed E-state index contributed by atoms with van der Waals surface area (Å²) in [6.07, 6.45) is -0.0513. The van der Waals surface area contributed by atoms with Crippen LogP contribution in [-0.2, 0) is 50.4 Å². The molecule has 0 fully saturated rings. The molecule has 0 aromatic heterocycles. The molecule has 0 saturated heterocycles. The average Bonchev–Trinajstić information content (AvgIpc) is 2.95. The number of hydrogen-bond acceptors (Lipinski definition) is 15. The number of aliphatic carboxylic acids is 1. The van der Waals surface area contributed by atoms with E-state index in [0.29, 0.717) is 39.3 Å². The van der Waals surface area contributed by atoms with Gasteiger partial charge in [0.2, 0.25) is 5.91 Å². The molecule has 4 N–H and O–H groups in total. The number of hydrogen-bond donors (Lipinski definition) is 4. The zero-order valence-electron chi connectivity index (χ0n) is 27.7. The second-order valence-corrected chi connectivity index (χ2v) is 15.5. The van der Waals surface area contributed by atoms with Gasteiger partial charge in [-0.2, -0.15) is 0 Å². The molecular weight excluding hydrogens is 655 g/mol. The van der Waals surface area contributed by atoms with Gasteiger partial charge < -0.3 is 48.2 Å². The van der Waals surface area contributed by atoms with Gasteiger partial charge in [-0.15, -0.1) is 0 Å². The van der Waals surface area contributed by atoms with Crippen LogP contribution in [0.3, 0.4) is 0 Å². The van der Waals surface area contributed by atoms with Crippen molar-refractivity contribution in [2.75, 3.05) is 111 Å². The van der Waals surface area contributed by atoms with Crippen molar-refractivity contribution in [3.05, 3.63) is 0 Å². The maximum atomic E-state index is 13.4. The highest BCUT2D eigenvalue weighted by Gasteiger charge is 2.30. The first-order valence-electron chi connectivity index (χ1n) is 15.3. The Bertz CT molecular complexity index is 935. The van der Waals surface area contributed by atoms with Crippen LogP contribution < -0.4 is 16.0 Å². The number of carbonyl (C=O) groups is 2. The second-order valence-electron chi connectivity index (χ2n) is 9.36. The monoisotopic (exact) mass is 711 g/mol. The molecule has 0 unspecified atom stereocenters. The van der Waals surface area contributed by atoms with E-state index in [0.717, 1.165) is 0 Å². The number of carboxylic acids is 1. The fourth-order valence-electron chi connectivity index (χ4n) is 3.95. The third kappa shape index (κ3) is 21.7. The molecule has 0 aromatic carbocycles. The molecule has 0 radical (unpaired) electrons. The minimum atomic E-state index is -3.49. The van der Waals surface area contributed by atoms with Crippen molar-refractivity contribution in [1.82, 2.24) is 25.8 Å². The molecule has 268 valence electrons. The van der Waals surface area contributed by atoms with E-state index in [4.69, 9.17) is 32.2 Å². The van der Waals surface area contributed by atoms with Crippen molar-refractivity contribution >= 4 is 34.7 Å². The van der Waals surface area contributed by atoms with Gasteiger partial charge in [0.1, 0.15) is 19.1 Å². The first-order valence-corrected chi connectivity index (χ1v) is 20.5. The van der Waals surface area contributed by atoms with Gasteiger partial charge in [-0.1, -0.05) is 0 Å². The molecule has 0 spiro atoms. The van der Waals surface area contributed by atoms with Crippen LogP contribution in [0.4, 0.5) is 0 Å². The highest BCUT2D eigenvalue weighted by molar-refractivity contribution is 7.54. The lowest BCUT2D eigenvalue weighted by atomic mass is 10.4. The van der Waals surface area contributed by atoms with Gasteiger partial charge in [-0.05, 0) is 41.5 Å². The zero-order valence-corrected chi connectivity index (χ0v) is 30.4. The molecule has 0 bridgehead atoms. The molecule has 0 aromatic rings. The van der Waals surface area contributed by atoms with E-state index in [1.165, 1.54) is 0 Å². The lowest BCUT2D eigenvalue weighted by Gasteiger charge is -2.31. The van der Waals surface area contributed by atoms with E-state index in [1.54, 1.807) is 41.5 Å². The fraction of sp³-hybridized carbons (Fsp3) is 0.920. The number of nitrogens with zero attached hydrogens (tertiary/aromatic N) is 2. The molecule has 1 amide bonds. The molecule has 45 heavy (non-hydrogen) atoms. The summed E-state index contributed by atoms with van der Waals surface area (Å²) in [7, 11) is -10.3. The van der Waals surface area contributed by atoms with Crippen molar-refractivity contribution in [3.8, 4) is 0 Å². The summed E-state index contributed by atoms with van der Waals surface area (Å²) in [5.74, 6) is -1.62. The Labute approximate surface area is 268 Å². The Balaban J connectivity index is 5.68. The molecule has 17 nitrogen and oxygen atoms in total. The summed E-state index contributed by atoms with van der Waals surface area (Å²) in [6.45, 7) is 13.1. The van der Waals surface area contributed by atoms with Gasteiger partial charge in [-0.25, -0.2) is 0 Å². The predicted octanol–water partition coefficient (Wildman–Crippen LogP) is 2.64. The van der Waals surface area contributed by atoms with Gasteiger partial charge in [0, 0.05) is 39.3 Å². The molecule has 20 heteroatoms. The SMILES string of the molecule is CCOP(=O)(CNCCN(CCN(CCNCC(=O)NCC(=O)O)CP(=O)(OCC)OCC)CP(=O)(OCC)OCC)OCC. The van der Waals surface area contributed by atoms with E-state index in [2.05, 4.69) is 16.0 Å². The average molecular weight is 712 g/mol. The summed E-state index contributed by atoms with van der Waals surface area (Å²) in [6, 6.07) is 0. The van der Waals surface area contributed by atoms with Crippen molar-refractivity contribution in [1.29, 1.82) is 0 Å². The van der Waals surface area contributed by atoms with Crippen molar-refractivity contribution < 1.29 is 55.5 Å². The van der Waals surface area contributed by atoms with E-state index in [1.807, 2.05) is 9.80 Å². The van der Waals surface area contributed by atoms with Crippen LogP contribution in [0, 0.1) is 0 Å². The minimum Gasteiger partial charge on any atom is -0.480 e. The third-order valence-corrected chi connectivity index (χ3v) is 11.7. The number of amides is 1. The Kier molecular flexibility index (Phi) is 24.8. The molecule has 0 heterocycles. The van der Waals surface area contributed by atoms with Gasteiger partial charge in [0.15, 0.2) is 0 Å². The zero-order chi connectivity index (χ0) is 34.2. The van der Waals surface area contributed by atoms with Gasteiger partial charge >= 0.3 is 28.8 Å². The van der Waals surface area contributed by atoms with Gasteiger partial charge in [-0.3, -0.25) is 33.1 Å². The van der Waals surface area contributed by atoms with E-state index in [9.17, 15) is 23.3 Å². The normalized spacial score (nSPS) is 12.7. The summed E-state index contributed by atoms with van der Waals surface area (Å²) in [4.78, 5) is 26.3. The minimum absolute atomic E-state index is 0.000826. The summed E-state index contributed by atoms with van der Waals surface area (Å²) in [5, 5.41) is 17.0. The van der Waals surface area contributed by atoms with Crippen LogP contribution in [0.5, 0.6) is 0 Å². The number of nitrogens with one attached hydrogen (secondary N) is 3. The Hall–Kier alpha value is -0.770. The molecule has 0 aliphatic rings. The molecular formula is C25H56N5O12P3. The van der Waals surface area contributed by atoms with Crippen molar-refractivity contribution in [2.24, 2.45) is 0 Å². The standard InChI is InChI=1S/C25H56N5O12P3/c1-7-37-43(34,38-8-2)21-27-14-16-30(23-45(36,41-11-5)42-12-6)18-17-29(22-44(35,39-9-3)40-10-4)15-13-26-19-24(31)28-20-25(32)33/h26-27H,7-23H2,1-6H3,(H,28,31)(H,32,33). The maximum absolute atomic E-state index is 13.4. The van der Waals surface area contributed by atoms with Crippen molar-refractivity contribution in [2.45, 2.75) is 41.5 Å². The molecule has 0 atom stereocenters. The first-order chi connectivity index (χ1) is 21.3. The van der Waals surface area contributed by atoms with Crippen LogP contribution in [0.25, 0.3) is 0 Å². The number of carboxylic acid groups (broad SMARTS) is 1. The summed E-state index contributed by atoms with van der Waals surface area (Å²) >= 11 is 0. The lowest BCUT2D eigenvalue weighted by molar-refractivity contribution is -0.137. The highest BCUT2D eigenvalue weighted by Crippen LogP contribution is 2.50. The molecule has 0 rings (SSSR count). The largest absolute Gasteiger partial charge is 0.480 e. The smallest absolute Gasteiger partial charge is 0.344 e. The van der Waals surface area contributed by atoms with E-state index >= 15 is 0 Å². The van der Waals surface area contributed by atoms with Crippen LogP contribution in [-0.4, -0.2) is 138 Å². The Morgan fingerprint density at radius 2 is 0.956 bits per heavy atom. The van der Waals surface area contributed by atoms with Crippen molar-refractivity contribution in [3.63, 3.8) is 0 Å². The first kappa shape index (κ1) is 44.2. The predicted molar refractivity (Wildman–Crippen MR) is 172 cm³/mol. The molecule has 0 aliphatic carbocycles. The van der Waals surface area contributed by atoms with Gasteiger partial charge in [0.25, 0.3) is 0 Å². The Morgan fingerprint density at radius 1 is 0.578 bits per heavy atom. The van der Waals surface area contributed by atoms with Crippen LogP contribution in [0.2, 0.25) is 0 Å². The summed E-state index contributed by atoms with van der Waals surface area (Å²) in [5.41, 5.74) is 0. The Morgan fingerprint density at radius 3 is 1.33 bits per heavy atom. The van der Waals surface area contributed by atoms with Crippen LogP contribution in [0.1, 0.15) is 41.5 Å².